The Morgan fingerprint density at radius 1 is 1.17 bits per heavy atom. The Balaban J connectivity index is 2.29. The van der Waals surface area contributed by atoms with Crippen LogP contribution < -0.4 is 15.5 Å². The number of benzene rings is 1. The van der Waals surface area contributed by atoms with Crippen molar-refractivity contribution in [3.8, 4) is 0 Å². The van der Waals surface area contributed by atoms with Crippen LogP contribution in [0.25, 0.3) is 0 Å². The topological polar surface area (TPSA) is 90.1 Å². The average Bonchev–Trinajstić information content (AvgIpc) is 2.47. The Morgan fingerprint density at radius 3 is 2.21 bits per heavy atom. The van der Waals surface area contributed by atoms with E-state index in [4.69, 9.17) is 5.73 Å². The zero-order valence-corrected chi connectivity index (χ0v) is 14.7. The van der Waals surface area contributed by atoms with Crippen LogP contribution in [0.15, 0.2) is 18.2 Å². The third kappa shape index (κ3) is 3.72. The van der Waals surface area contributed by atoms with Gasteiger partial charge < -0.3 is 20.6 Å². The van der Waals surface area contributed by atoms with Crippen LogP contribution >= 0.6 is 0 Å². The lowest BCUT2D eigenvalue weighted by molar-refractivity contribution is -0.129. The number of nitrogen functional groups attached to an aromatic ring is 1. The van der Waals surface area contributed by atoms with Gasteiger partial charge in [-0.05, 0) is 39.0 Å². The van der Waals surface area contributed by atoms with Gasteiger partial charge in [0.2, 0.25) is 5.91 Å². The van der Waals surface area contributed by atoms with Crippen molar-refractivity contribution in [1.82, 2.24) is 4.90 Å². The fraction of sp³-hybridized carbons (Fsp3) is 0.529. The molecule has 1 fully saturated rings. The van der Waals surface area contributed by atoms with Crippen LogP contribution in [-0.4, -0.2) is 53.7 Å². The van der Waals surface area contributed by atoms with Gasteiger partial charge in [0, 0.05) is 44.3 Å². The summed E-state index contributed by atoms with van der Waals surface area (Å²) in [4.78, 5) is 28.4. The first-order valence-corrected chi connectivity index (χ1v) is 8.04. The molecule has 7 nitrogen and oxygen atoms in total. The largest absolute Gasteiger partial charge is 0.465 e. The molecule has 24 heavy (non-hydrogen) atoms. The van der Waals surface area contributed by atoms with E-state index in [1.807, 2.05) is 37.8 Å². The predicted molar refractivity (Wildman–Crippen MR) is 95.6 cm³/mol. The molecule has 0 aliphatic carbocycles. The standard InChI is InChI=1S/C17H26N4O3/c1-12(22)19-7-9-20(10-8-19)13-5-6-14(18)15(11-13)21(16(23)24)17(2,3)4/h5-6,11H,7-10,18H2,1-4H3,(H,23,24). The number of rotatable bonds is 2. The molecule has 1 aromatic rings. The van der Waals surface area contributed by atoms with Gasteiger partial charge in [0.15, 0.2) is 0 Å². The molecule has 2 rings (SSSR count). The van der Waals surface area contributed by atoms with Crippen LogP contribution in [-0.2, 0) is 4.79 Å². The molecule has 0 atom stereocenters. The van der Waals surface area contributed by atoms with Crippen molar-refractivity contribution in [2.45, 2.75) is 33.2 Å². The van der Waals surface area contributed by atoms with E-state index < -0.39 is 11.6 Å². The molecule has 1 saturated heterocycles. The molecule has 0 spiro atoms. The van der Waals surface area contributed by atoms with Gasteiger partial charge in [-0.1, -0.05) is 0 Å². The lowest BCUT2D eigenvalue weighted by atomic mass is 10.0. The molecular formula is C17H26N4O3. The van der Waals surface area contributed by atoms with Crippen molar-refractivity contribution < 1.29 is 14.7 Å². The van der Waals surface area contributed by atoms with Crippen molar-refractivity contribution in [3.63, 3.8) is 0 Å². The molecule has 7 heteroatoms. The van der Waals surface area contributed by atoms with Crippen LogP contribution in [0.4, 0.5) is 21.9 Å². The lowest BCUT2D eigenvalue weighted by Crippen LogP contribution is -2.48. The monoisotopic (exact) mass is 334 g/mol. The van der Waals surface area contributed by atoms with Crippen LogP contribution in [0.5, 0.6) is 0 Å². The molecule has 1 aromatic carbocycles. The number of nitrogens with two attached hydrogens (primary N) is 1. The average molecular weight is 334 g/mol. The molecule has 0 aromatic heterocycles. The highest BCUT2D eigenvalue weighted by Crippen LogP contribution is 2.33. The smallest absolute Gasteiger partial charge is 0.412 e. The summed E-state index contributed by atoms with van der Waals surface area (Å²) in [5, 5.41) is 9.60. The Labute approximate surface area is 142 Å². The number of nitrogens with zero attached hydrogens (tertiary/aromatic N) is 3. The lowest BCUT2D eigenvalue weighted by Gasteiger charge is -2.37. The number of carbonyl (C=O) groups is 2. The van der Waals surface area contributed by atoms with E-state index in [9.17, 15) is 14.7 Å². The number of hydrogen-bond donors (Lipinski definition) is 2. The quantitative estimate of drug-likeness (QED) is 0.809. The van der Waals surface area contributed by atoms with E-state index in [-0.39, 0.29) is 5.91 Å². The predicted octanol–water partition coefficient (Wildman–Crippen LogP) is 2.22. The Kier molecular flexibility index (Phi) is 4.91. The molecule has 3 N–H and O–H groups in total. The minimum atomic E-state index is -1.03. The number of carbonyl (C=O) groups excluding carboxylic acids is 1. The second-order valence-electron chi connectivity index (χ2n) is 7.03. The van der Waals surface area contributed by atoms with Gasteiger partial charge in [0.05, 0.1) is 11.4 Å². The summed E-state index contributed by atoms with van der Waals surface area (Å²) in [5.74, 6) is 0.0810. The Hall–Kier alpha value is -2.44. The number of amides is 2. The number of hydrogen-bond acceptors (Lipinski definition) is 4. The minimum absolute atomic E-state index is 0.0810. The summed E-state index contributed by atoms with van der Waals surface area (Å²) < 4.78 is 0. The van der Waals surface area contributed by atoms with Gasteiger partial charge in [-0.2, -0.15) is 0 Å². The fourth-order valence-electron chi connectivity index (χ4n) is 2.95. The van der Waals surface area contributed by atoms with Crippen molar-refractivity contribution in [1.29, 1.82) is 0 Å². The number of carboxylic acid groups (broad SMARTS) is 1. The highest BCUT2D eigenvalue weighted by molar-refractivity contribution is 5.93. The number of anilines is 3. The van der Waals surface area contributed by atoms with E-state index in [1.165, 1.54) is 4.90 Å². The van der Waals surface area contributed by atoms with Crippen molar-refractivity contribution in [2.75, 3.05) is 41.7 Å². The molecular weight excluding hydrogens is 308 g/mol. The third-order valence-corrected chi connectivity index (χ3v) is 4.21. The highest BCUT2D eigenvalue weighted by Gasteiger charge is 2.30. The maximum Gasteiger partial charge on any atom is 0.412 e. The van der Waals surface area contributed by atoms with E-state index in [0.29, 0.717) is 37.6 Å². The molecule has 0 bridgehead atoms. The van der Waals surface area contributed by atoms with Gasteiger partial charge in [-0.25, -0.2) is 4.79 Å². The summed E-state index contributed by atoms with van der Waals surface area (Å²) in [5.41, 5.74) is 7.27. The maximum atomic E-state index is 11.7. The Morgan fingerprint density at radius 2 is 1.75 bits per heavy atom. The molecule has 1 heterocycles. The van der Waals surface area contributed by atoms with Crippen molar-refractivity contribution in [2.24, 2.45) is 0 Å². The second kappa shape index (κ2) is 6.59. The summed E-state index contributed by atoms with van der Waals surface area (Å²) in [6.45, 7) is 9.83. The first-order valence-electron chi connectivity index (χ1n) is 8.04. The van der Waals surface area contributed by atoms with E-state index in [2.05, 4.69) is 4.90 Å². The van der Waals surface area contributed by atoms with Crippen LogP contribution in [0, 0.1) is 0 Å². The SMILES string of the molecule is CC(=O)N1CCN(c2ccc(N)c(N(C(=O)O)C(C)(C)C)c2)CC1. The van der Waals surface area contributed by atoms with Gasteiger partial charge in [-0.3, -0.25) is 9.69 Å². The summed E-state index contributed by atoms with van der Waals surface area (Å²) in [6, 6.07) is 5.45. The molecule has 0 radical (unpaired) electrons. The summed E-state index contributed by atoms with van der Waals surface area (Å²) in [6.07, 6.45) is -1.03. The maximum absolute atomic E-state index is 11.7. The number of piperazine rings is 1. The highest BCUT2D eigenvalue weighted by atomic mass is 16.4. The van der Waals surface area contributed by atoms with Crippen LogP contribution in [0.1, 0.15) is 27.7 Å². The molecule has 1 aliphatic heterocycles. The summed E-state index contributed by atoms with van der Waals surface area (Å²) in [7, 11) is 0. The summed E-state index contributed by atoms with van der Waals surface area (Å²) >= 11 is 0. The van der Waals surface area contributed by atoms with Gasteiger partial charge in [0.25, 0.3) is 0 Å². The first-order chi connectivity index (χ1) is 11.1. The molecule has 0 unspecified atom stereocenters. The van der Waals surface area contributed by atoms with Crippen LogP contribution in [0.3, 0.4) is 0 Å². The van der Waals surface area contributed by atoms with Crippen LogP contribution in [0.2, 0.25) is 0 Å². The van der Waals surface area contributed by atoms with Crippen molar-refractivity contribution >= 4 is 29.1 Å². The van der Waals surface area contributed by atoms with Crippen molar-refractivity contribution in [3.05, 3.63) is 18.2 Å². The molecule has 1 aliphatic rings. The van der Waals surface area contributed by atoms with E-state index in [0.717, 1.165) is 5.69 Å². The fourth-order valence-corrected chi connectivity index (χ4v) is 2.95. The zero-order valence-electron chi connectivity index (χ0n) is 14.7. The van der Waals surface area contributed by atoms with E-state index in [1.54, 1.807) is 13.0 Å². The molecule has 0 saturated carbocycles. The normalized spacial score (nSPS) is 15.3. The second-order valence-corrected chi connectivity index (χ2v) is 7.03. The zero-order chi connectivity index (χ0) is 18.1. The molecule has 2 amide bonds. The third-order valence-electron chi connectivity index (χ3n) is 4.21. The minimum Gasteiger partial charge on any atom is -0.465 e. The van der Waals surface area contributed by atoms with Gasteiger partial charge in [0.1, 0.15) is 0 Å². The van der Waals surface area contributed by atoms with Gasteiger partial charge >= 0.3 is 6.09 Å². The van der Waals surface area contributed by atoms with Gasteiger partial charge in [-0.15, -0.1) is 0 Å². The first kappa shape index (κ1) is 17.9. The van der Waals surface area contributed by atoms with E-state index >= 15 is 0 Å². The Bertz CT molecular complexity index is 631. The molecule has 132 valence electrons.